The first-order valence-electron chi connectivity index (χ1n) is 9.35. The number of hydrogen-bond acceptors (Lipinski definition) is 5. The minimum absolute atomic E-state index is 0.0979. The molecule has 0 fully saturated rings. The zero-order valence-corrected chi connectivity index (χ0v) is 17.5. The van der Waals surface area contributed by atoms with E-state index >= 15 is 0 Å². The minimum atomic E-state index is -3.63. The molecule has 1 amide bonds. The summed E-state index contributed by atoms with van der Waals surface area (Å²) in [6.07, 6.45) is -0.0979. The number of carbonyl (C=O) groups excluding carboxylic acids is 1. The van der Waals surface area contributed by atoms with Crippen LogP contribution in [0.25, 0.3) is 11.3 Å². The van der Waals surface area contributed by atoms with Crippen LogP contribution in [0, 0.1) is 20.8 Å². The summed E-state index contributed by atoms with van der Waals surface area (Å²) in [6.45, 7) is 5.83. The SMILES string of the molecule is Cc1ccc(-c2onc(C)c2C)cc1S(=O)(=O)CCC(=O)NCc1ccccc1. The highest BCUT2D eigenvalue weighted by atomic mass is 32.2. The molecule has 3 rings (SSSR count). The molecular formula is C22H24N2O4S. The highest BCUT2D eigenvalue weighted by Gasteiger charge is 2.21. The molecule has 29 heavy (non-hydrogen) atoms. The molecule has 0 radical (unpaired) electrons. The lowest BCUT2D eigenvalue weighted by Crippen LogP contribution is -2.25. The molecule has 0 atom stereocenters. The Morgan fingerprint density at radius 1 is 1.07 bits per heavy atom. The van der Waals surface area contributed by atoms with Gasteiger partial charge in [0.2, 0.25) is 5.91 Å². The molecule has 0 unspecified atom stereocenters. The standard InChI is InChI=1S/C22H24N2O4S/c1-15-9-10-19(22-16(2)17(3)24-28-22)13-20(15)29(26,27)12-11-21(25)23-14-18-7-5-4-6-8-18/h4-10,13H,11-12,14H2,1-3H3,(H,23,25). The zero-order valence-electron chi connectivity index (χ0n) is 16.7. The summed E-state index contributed by atoms with van der Waals surface area (Å²) in [5.74, 6) is -0.000670. The van der Waals surface area contributed by atoms with Gasteiger partial charge in [-0.3, -0.25) is 4.79 Å². The van der Waals surface area contributed by atoms with Crippen molar-refractivity contribution in [1.82, 2.24) is 10.5 Å². The van der Waals surface area contributed by atoms with Crippen molar-refractivity contribution in [3.63, 3.8) is 0 Å². The Balaban J connectivity index is 1.71. The lowest BCUT2D eigenvalue weighted by atomic mass is 10.1. The predicted molar refractivity (Wildman–Crippen MR) is 111 cm³/mol. The van der Waals surface area contributed by atoms with E-state index in [4.69, 9.17) is 4.52 Å². The Labute approximate surface area is 170 Å². The van der Waals surface area contributed by atoms with Crippen LogP contribution in [0.2, 0.25) is 0 Å². The van der Waals surface area contributed by atoms with Crippen LogP contribution in [0.5, 0.6) is 0 Å². The fraction of sp³-hybridized carbons (Fsp3) is 0.273. The van der Waals surface area contributed by atoms with Crippen molar-refractivity contribution in [3.05, 3.63) is 70.9 Å². The van der Waals surface area contributed by atoms with E-state index in [0.717, 1.165) is 16.8 Å². The molecule has 0 bridgehead atoms. The van der Waals surface area contributed by atoms with Crippen LogP contribution in [-0.2, 0) is 21.2 Å². The van der Waals surface area contributed by atoms with Gasteiger partial charge in [0.05, 0.1) is 16.3 Å². The summed E-state index contributed by atoms with van der Waals surface area (Å²) in [6, 6.07) is 14.6. The summed E-state index contributed by atoms with van der Waals surface area (Å²) in [4.78, 5) is 12.3. The van der Waals surface area contributed by atoms with Gasteiger partial charge in [-0.15, -0.1) is 0 Å². The minimum Gasteiger partial charge on any atom is -0.356 e. The smallest absolute Gasteiger partial charge is 0.221 e. The van der Waals surface area contributed by atoms with Crippen molar-refractivity contribution in [2.24, 2.45) is 0 Å². The first-order chi connectivity index (χ1) is 13.8. The molecule has 152 valence electrons. The average molecular weight is 413 g/mol. The third-order valence-corrected chi connectivity index (χ3v) is 6.72. The molecule has 1 N–H and O–H groups in total. The number of benzene rings is 2. The van der Waals surface area contributed by atoms with Crippen LogP contribution < -0.4 is 5.32 Å². The maximum Gasteiger partial charge on any atom is 0.221 e. The monoisotopic (exact) mass is 412 g/mol. The van der Waals surface area contributed by atoms with Gasteiger partial charge in [0.15, 0.2) is 15.6 Å². The number of nitrogens with zero attached hydrogens (tertiary/aromatic N) is 1. The van der Waals surface area contributed by atoms with Gasteiger partial charge in [-0.05, 0) is 38.0 Å². The molecule has 0 aliphatic carbocycles. The number of aryl methyl sites for hydroxylation is 2. The summed E-state index contributed by atoms with van der Waals surface area (Å²) in [5, 5.41) is 6.69. The maximum absolute atomic E-state index is 12.9. The van der Waals surface area contributed by atoms with E-state index in [1.807, 2.05) is 50.2 Å². The predicted octanol–water partition coefficient (Wildman–Crippen LogP) is 3.75. The number of carbonyl (C=O) groups is 1. The van der Waals surface area contributed by atoms with Gasteiger partial charge in [0.1, 0.15) is 0 Å². The topological polar surface area (TPSA) is 89.3 Å². The number of aromatic nitrogens is 1. The molecule has 0 saturated heterocycles. The molecule has 0 aliphatic rings. The summed E-state index contributed by atoms with van der Waals surface area (Å²) in [7, 11) is -3.63. The Bertz CT molecular complexity index is 1120. The summed E-state index contributed by atoms with van der Waals surface area (Å²) < 4.78 is 31.1. The van der Waals surface area contributed by atoms with E-state index in [9.17, 15) is 13.2 Å². The Hall–Kier alpha value is -2.93. The average Bonchev–Trinajstić information content (AvgIpc) is 3.04. The summed E-state index contributed by atoms with van der Waals surface area (Å²) >= 11 is 0. The fourth-order valence-electron chi connectivity index (χ4n) is 2.98. The van der Waals surface area contributed by atoms with Gasteiger partial charge in [-0.25, -0.2) is 8.42 Å². The number of rotatable bonds is 7. The summed E-state index contributed by atoms with van der Waals surface area (Å²) in [5.41, 5.74) is 3.88. The first-order valence-corrected chi connectivity index (χ1v) is 11.0. The van der Waals surface area contributed by atoms with Crippen LogP contribution >= 0.6 is 0 Å². The number of nitrogens with one attached hydrogen (secondary N) is 1. The highest BCUT2D eigenvalue weighted by molar-refractivity contribution is 7.91. The van der Waals surface area contributed by atoms with Gasteiger partial charge >= 0.3 is 0 Å². The van der Waals surface area contributed by atoms with Crippen molar-refractivity contribution in [2.75, 3.05) is 5.75 Å². The van der Waals surface area contributed by atoms with Gasteiger partial charge in [0, 0.05) is 24.1 Å². The van der Waals surface area contributed by atoms with E-state index in [0.29, 0.717) is 23.4 Å². The number of amides is 1. The van der Waals surface area contributed by atoms with E-state index in [1.165, 1.54) is 0 Å². The van der Waals surface area contributed by atoms with Crippen molar-refractivity contribution < 1.29 is 17.7 Å². The van der Waals surface area contributed by atoms with E-state index in [2.05, 4.69) is 10.5 Å². The molecule has 7 heteroatoms. The van der Waals surface area contributed by atoms with Crippen LogP contribution in [0.1, 0.15) is 28.8 Å². The van der Waals surface area contributed by atoms with E-state index in [-0.39, 0.29) is 23.0 Å². The van der Waals surface area contributed by atoms with E-state index in [1.54, 1.807) is 19.1 Å². The molecule has 6 nitrogen and oxygen atoms in total. The highest BCUT2D eigenvalue weighted by Crippen LogP contribution is 2.29. The third-order valence-electron chi connectivity index (χ3n) is 4.87. The number of hydrogen-bond donors (Lipinski definition) is 1. The molecule has 2 aromatic carbocycles. The first kappa shape index (κ1) is 20.8. The van der Waals surface area contributed by atoms with Crippen LogP contribution in [0.3, 0.4) is 0 Å². The number of sulfone groups is 1. The van der Waals surface area contributed by atoms with Crippen LogP contribution in [0.4, 0.5) is 0 Å². The normalized spacial score (nSPS) is 11.4. The molecule has 3 aromatic rings. The second-order valence-corrected chi connectivity index (χ2v) is 9.11. The molecule has 1 aromatic heterocycles. The third kappa shape index (κ3) is 4.92. The largest absolute Gasteiger partial charge is 0.356 e. The van der Waals surface area contributed by atoms with Gasteiger partial charge in [-0.2, -0.15) is 0 Å². The molecule has 0 aliphatic heterocycles. The van der Waals surface area contributed by atoms with E-state index < -0.39 is 9.84 Å². The maximum atomic E-state index is 12.9. The zero-order chi connectivity index (χ0) is 21.0. The molecule has 1 heterocycles. The Kier molecular flexibility index (Phi) is 6.17. The second-order valence-electron chi connectivity index (χ2n) is 7.03. The molecule has 0 saturated carbocycles. The van der Waals surface area contributed by atoms with Crippen molar-refractivity contribution in [2.45, 2.75) is 38.6 Å². The molecule has 0 spiro atoms. The fourth-order valence-corrected chi connectivity index (χ4v) is 4.52. The second kappa shape index (κ2) is 8.61. The lowest BCUT2D eigenvalue weighted by molar-refractivity contribution is -0.120. The molecular weight excluding hydrogens is 388 g/mol. The van der Waals surface area contributed by atoms with Crippen LogP contribution in [0.15, 0.2) is 57.9 Å². The Morgan fingerprint density at radius 3 is 2.45 bits per heavy atom. The Morgan fingerprint density at radius 2 is 1.79 bits per heavy atom. The van der Waals surface area contributed by atoms with Gasteiger partial charge in [-0.1, -0.05) is 47.6 Å². The van der Waals surface area contributed by atoms with Gasteiger partial charge < -0.3 is 9.84 Å². The van der Waals surface area contributed by atoms with Gasteiger partial charge in [0.25, 0.3) is 0 Å². The van der Waals surface area contributed by atoms with Crippen LogP contribution in [-0.4, -0.2) is 25.2 Å². The lowest BCUT2D eigenvalue weighted by Gasteiger charge is -2.10. The van der Waals surface area contributed by atoms with Crippen molar-refractivity contribution in [1.29, 1.82) is 0 Å². The van der Waals surface area contributed by atoms with Crippen molar-refractivity contribution >= 4 is 15.7 Å². The quantitative estimate of drug-likeness (QED) is 0.638. The van der Waals surface area contributed by atoms with Crippen molar-refractivity contribution in [3.8, 4) is 11.3 Å².